The predicted molar refractivity (Wildman–Crippen MR) is 185 cm³/mol. The Hall–Kier alpha value is -4.87. The molecule has 1 fully saturated rings. The summed E-state index contributed by atoms with van der Waals surface area (Å²) in [7, 11) is -3.35. The van der Waals surface area contributed by atoms with Gasteiger partial charge in [-0.25, -0.2) is 18.2 Å². The van der Waals surface area contributed by atoms with Crippen LogP contribution < -0.4 is 10.1 Å². The Morgan fingerprint density at radius 3 is 2.24 bits per heavy atom. The average Bonchev–Trinajstić information content (AvgIpc) is 3.50. The van der Waals surface area contributed by atoms with Gasteiger partial charge in [0.1, 0.15) is 11.5 Å². The van der Waals surface area contributed by atoms with Crippen molar-refractivity contribution in [1.82, 2.24) is 19.8 Å². The van der Waals surface area contributed by atoms with Crippen molar-refractivity contribution in [2.45, 2.75) is 44.3 Å². The lowest BCUT2D eigenvalue weighted by Crippen LogP contribution is -2.51. The van der Waals surface area contributed by atoms with Gasteiger partial charge in [-0.15, -0.1) is 11.3 Å². The largest absolute Gasteiger partial charge is 0.490 e. The first-order valence-corrected chi connectivity index (χ1v) is 18.3. The fourth-order valence-electron chi connectivity index (χ4n) is 4.97. The number of benzene rings is 2. The van der Waals surface area contributed by atoms with Crippen LogP contribution in [0.4, 0.5) is 18.3 Å². The molecular formula is C34H36F3N5O7S2. The number of amides is 2. The summed E-state index contributed by atoms with van der Waals surface area (Å²) in [5, 5.41) is 12.2. The van der Waals surface area contributed by atoms with E-state index in [4.69, 9.17) is 14.6 Å². The highest BCUT2D eigenvalue weighted by molar-refractivity contribution is 7.90. The second-order valence-electron chi connectivity index (χ2n) is 11.8. The van der Waals surface area contributed by atoms with E-state index in [2.05, 4.69) is 34.0 Å². The van der Waals surface area contributed by atoms with Crippen molar-refractivity contribution in [3.05, 3.63) is 83.0 Å². The van der Waals surface area contributed by atoms with Gasteiger partial charge in [-0.1, -0.05) is 6.07 Å². The van der Waals surface area contributed by atoms with Crippen molar-refractivity contribution in [2.24, 2.45) is 0 Å². The van der Waals surface area contributed by atoms with E-state index in [1.54, 1.807) is 41.9 Å². The van der Waals surface area contributed by atoms with Crippen LogP contribution in [0.25, 0.3) is 11.3 Å². The van der Waals surface area contributed by atoms with Gasteiger partial charge in [-0.2, -0.15) is 13.2 Å². The van der Waals surface area contributed by atoms with E-state index in [0.717, 1.165) is 24.9 Å². The van der Waals surface area contributed by atoms with Gasteiger partial charge in [-0.3, -0.25) is 24.8 Å². The molecule has 3 heterocycles. The van der Waals surface area contributed by atoms with Crippen LogP contribution in [0.3, 0.4) is 0 Å². The molecule has 51 heavy (non-hydrogen) atoms. The van der Waals surface area contributed by atoms with Gasteiger partial charge in [0, 0.05) is 61.2 Å². The average molecular weight is 748 g/mol. The number of pyridine rings is 1. The fourth-order valence-corrected chi connectivity index (χ4v) is 6.31. The number of carboxylic acid groups (broad SMARTS) is 1. The fraction of sp³-hybridized carbons (Fsp3) is 0.324. The van der Waals surface area contributed by atoms with Gasteiger partial charge in [-0.05, 0) is 74.9 Å². The number of carboxylic acids is 1. The van der Waals surface area contributed by atoms with Crippen LogP contribution in [0.15, 0.2) is 71.1 Å². The summed E-state index contributed by atoms with van der Waals surface area (Å²) < 4.78 is 61.5. The first-order chi connectivity index (χ1) is 23.9. The Labute approximate surface area is 296 Å². The highest BCUT2D eigenvalue weighted by Gasteiger charge is 2.38. The molecule has 2 N–H and O–H groups in total. The molecule has 0 saturated carbocycles. The number of piperazine rings is 1. The number of halogens is 3. The summed E-state index contributed by atoms with van der Waals surface area (Å²) in [5.74, 6) is -2.32. The molecule has 2 amide bonds. The van der Waals surface area contributed by atoms with Crippen molar-refractivity contribution < 1.29 is 45.8 Å². The molecule has 2 aromatic carbocycles. The zero-order valence-corrected chi connectivity index (χ0v) is 29.7. The zero-order valence-electron chi connectivity index (χ0n) is 28.1. The lowest BCUT2D eigenvalue weighted by atomic mass is 10.0. The van der Waals surface area contributed by atoms with Gasteiger partial charge in [0.25, 0.3) is 5.91 Å². The second-order valence-corrected chi connectivity index (χ2v) is 14.7. The van der Waals surface area contributed by atoms with Crippen LogP contribution in [-0.2, 0) is 25.8 Å². The van der Waals surface area contributed by atoms with E-state index < -0.39 is 27.9 Å². The molecule has 1 aliphatic heterocycles. The number of aromatic nitrogens is 2. The van der Waals surface area contributed by atoms with Crippen molar-refractivity contribution >= 4 is 44.1 Å². The van der Waals surface area contributed by atoms with Crippen LogP contribution in [0.2, 0.25) is 0 Å². The van der Waals surface area contributed by atoms with Crippen LogP contribution in [0.5, 0.6) is 11.5 Å². The maximum Gasteiger partial charge on any atom is 0.490 e. The first kappa shape index (κ1) is 38.9. The van der Waals surface area contributed by atoms with E-state index in [0.29, 0.717) is 58.3 Å². The van der Waals surface area contributed by atoms with Gasteiger partial charge >= 0.3 is 12.1 Å². The molecule has 1 aliphatic rings. The number of sulfone groups is 1. The molecule has 5 rings (SSSR count). The quantitative estimate of drug-likeness (QED) is 0.218. The van der Waals surface area contributed by atoms with Crippen LogP contribution >= 0.6 is 11.3 Å². The number of aliphatic carboxylic acids is 1. The molecule has 0 unspecified atom stereocenters. The Morgan fingerprint density at radius 1 is 1.02 bits per heavy atom. The number of anilines is 1. The number of aryl methyl sites for hydroxylation is 1. The predicted octanol–water partition coefficient (Wildman–Crippen LogP) is 5.69. The summed E-state index contributed by atoms with van der Waals surface area (Å²) in [6.45, 7) is 9.36. The molecule has 0 atom stereocenters. The Balaban J connectivity index is 0.000000755. The van der Waals surface area contributed by atoms with Gasteiger partial charge in [0.2, 0.25) is 5.91 Å². The van der Waals surface area contributed by atoms with E-state index in [9.17, 15) is 31.2 Å². The lowest BCUT2D eigenvalue weighted by molar-refractivity contribution is -0.192. The van der Waals surface area contributed by atoms with Gasteiger partial charge in [0.05, 0.1) is 22.7 Å². The smallest absolute Gasteiger partial charge is 0.475 e. The van der Waals surface area contributed by atoms with Crippen LogP contribution in [0, 0.1) is 6.92 Å². The van der Waals surface area contributed by atoms with Crippen LogP contribution in [0.1, 0.15) is 35.5 Å². The summed E-state index contributed by atoms with van der Waals surface area (Å²) in [6, 6.07) is 15.4. The Morgan fingerprint density at radius 2 is 1.67 bits per heavy atom. The summed E-state index contributed by atoms with van der Waals surface area (Å²) in [4.78, 5) is 48.6. The molecule has 4 aromatic rings. The number of thiazole rings is 1. The third-order valence-corrected chi connectivity index (χ3v) is 9.62. The number of rotatable bonds is 9. The molecule has 272 valence electrons. The minimum absolute atomic E-state index is 0.0291. The molecule has 0 aliphatic carbocycles. The maximum absolute atomic E-state index is 13.4. The molecule has 2 aromatic heterocycles. The number of ether oxygens (including phenoxy) is 1. The molecule has 0 spiro atoms. The minimum atomic E-state index is -5.08. The summed E-state index contributed by atoms with van der Waals surface area (Å²) in [6.07, 6.45) is -2.08. The second kappa shape index (κ2) is 16.4. The lowest BCUT2D eigenvalue weighted by Gasteiger charge is -2.36. The first-order valence-electron chi connectivity index (χ1n) is 15.5. The third kappa shape index (κ3) is 11.1. The highest BCUT2D eigenvalue weighted by Crippen LogP contribution is 2.31. The number of hydrogen-bond acceptors (Lipinski definition) is 10. The Kier molecular flexibility index (Phi) is 12.5. The third-order valence-electron chi connectivity index (χ3n) is 7.68. The van der Waals surface area contributed by atoms with E-state index in [1.807, 2.05) is 24.0 Å². The zero-order chi connectivity index (χ0) is 37.5. The molecule has 0 radical (unpaired) electrons. The van der Waals surface area contributed by atoms with E-state index in [1.165, 1.54) is 23.5 Å². The van der Waals surface area contributed by atoms with Gasteiger partial charge in [0.15, 0.2) is 15.0 Å². The molecular weight excluding hydrogens is 712 g/mol. The standard InChI is InChI=1S/C32H35N5O5S2.C2HF3O2/c1-21(2)36-12-14-37(15-13-36)29(38)19-25-20-43-32(34-25)35-31(39)24-16-23(30-22(3)6-5-11-33-30)17-27(18-24)42-26-7-9-28(10-8-26)44(4,40)41;3-2(4,5)1(6)7/h5-11,16-18,20-21H,12-15,19H2,1-4H3,(H,34,35,39);(H,6,7). The van der Waals surface area contributed by atoms with Crippen LogP contribution in [-0.4, -0.2) is 95.7 Å². The van der Waals surface area contributed by atoms with Crippen molar-refractivity contribution in [1.29, 1.82) is 0 Å². The minimum Gasteiger partial charge on any atom is -0.475 e. The molecule has 17 heteroatoms. The monoisotopic (exact) mass is 747 g/mol. The number of carbonyl (C=O) groups is 3. The molecule has 12 nitrogen and oxygen atoms in total. The normalized spacial score (nSPS) is 13.7. The summed E-state index contributed by atoms with van der Waals surface area (Å²) in [5.41, 5.74) is 3.24. The van der Waals surface area contributed by atoms with E-state index in [-0.39, 0.29) is 17.2 Å². The summed E-state index contributed by atoms with van der Waals surface area (Å²) >= 11 is 1.26. The Bertz CT molecular complexity index is 1980. The van der Waals surface area contributed by atoms with Crippen molar-refractivity contribution in [3.63, 3.8) is 0 Å². The van der Waals surface area contributed by atoms with Crippen molar-refractivity contribution in [2.75, 3.05) is 37.8 Å². The number of nitrogens with one attached hydrogen (secondary N) is 1. The van der Waals surface area contributed by atoms with Gasteiger partial charge < -0.3 is 14.7 Å². The SMILES string of the molecule is Cc1cccnc1-c1cc(Oc2ccc(S(C)(=O)=O)cc2)cc(C(=O)Nc2nc(CC(=O)N3CCN(C(C)C)CC3)cs2)c1.O=C(O)C(F)(F)F. The number of hydrogen-bond donors (Lipinski definition) is 2. The topological polar surface area (TPSA) is 159 Å². The maximum atomic E-state index is 13.4. The molecule has 0 bridgehead atoms. The molecule has 1 saturated heterocycles. The number of nitrogens with zero attached hydrogens (tertiary/aromatic N) is 4. The van der Waals surface area contributed by atoms with Crippen molar-refractivity contribution in [3.8, 4) is 22.8 Å². The highest BCUT2D eigenvalue weighted by atomic mass is 32.2. The van der Waals surface area contributed by atoms with E-state index >= 15 is 0 Å². The number of alkyl halides is 3. The number of carbonyl (C=O) groups excluding carboxylic acids is 2.